The van der Waals surface area contributed by atoms with Crippen molar-refractivity contribution in [3.8, 4) is 5.75 Å². The van der Waals surface area contributed by atoms with Crippen molar-refractivity contribution in [2.24, 2.45) is 0 Å². The molecule has 0 radical (unpaired) electrons. The first-order valence-corrected chi connectivity index (χ1v) is 7.93. The van der Waals surface area contributed by atoms with Crippen LogP contribution in [0, 0.1) is 0 Å². The summed E-state index contributed by atoms with van der Waals surface area (Å²) < 4.78 is 5.90. The molecule has 0 amide bonds. The number of benzene rings is 2. The van der Waals surface area contributed by atoms with Crippen LogP contribution in [-0.4, -0.2) is 19.7 Å². The predicted octanol–water partition coefficient (Wildman–Crippen LogP) is 4.30. The van der Waals surface area contributed by atoms with Gasteiger partial charge in [-0.05, 0) is 43.4 Å². The fraction of sp³-hybridized carbons (Fsp3) is 0.368. The van der Waals surface area contributed by atoms with Crippen LogP contribution in [0.3, 0.4) is 0 Å². The van der Waals surface area contributed by atoms with Gasteiger partial charge in [-0.1, -0.05) is 36.4 Å². The number of hydrogen-bond donors (Lipinski definition) is 0. The first-order valence-electron chi connectivity index (χ1n) is 7.93. The SMILES string of the molecule is c1ccc(CCCOc2cccc(N3CCCC3)c2)cc1. The molecule has 1 heterocycles. The Morgan fingerprint density at radius 1 is 0.905 bits per heavy atom. The van der Waals surface area contributed by atoms with Gasteiger partial charge in [-0.15, -0.1) is 0 Å². The topological polar surface area (TPSA) is 12.5 Å². The van der Waals surface area contributed by atoms with Crippen molar-refractivity contribution < 1.29 is 4.74 Å². The molecule has 0 spiro atoms. The molecule has 0 unspecified atom stereocenters. The molecule has 110 valence electrons. The molecule has 3 rings (SSSR count). The lowest BCUT2D eigenvalue weighted by Gasteiger charge is -2.18. The van der Waals surface area contributed by atoms with E-state index in [0.717, 1.165) is 25.2 Å². The molecule has 2 aromatic rings. The normalized spacial score (nSPS) is 14.4. The molecule has 1 aliphatic rings. The van der Waals surface area contributed by atoms with Crippen LogP contribution in [-0.2, 0) is 6.42 Å². The van der Waals surface area contributed by atoms with Crippen molar-refractivity contribution in [2.45, 2.75) is 25.7 Å². The van der Waals surface area contributed by atoms with Crippen molar-refractivity contribution >= 4 is 5.69 Å². The van der Waals surface area contributed by atoms with Crippen LogP contribution in [0.15, 0.2) is 54.6 Å². The minimum atomic E-state index is 0.776. The molecule has 0 bridgehead atoms. The zero-order valence-electron chi connectivity index (χ0n) is 12.5. The summed E-state index contributed by atoms with van der Waals surface area (Å²) in [5.74, 6) is 0.993. The van der Waals surface area contributed by atoms with Crippen molar-refractivity contribution in [1.29, 1.82) is 0 Å². The van der Waals surface area contributed by atoms with E-state index in [2.05, 4.69) is 59.5 Å². The number of anilines is 1. The van der Waals surface area contributed by atoms with Crippen LogP contribution < -0.4 is 9.64 Å². The van der Waals surface area contributed by atoms with E-state index in [1.807, 2.05) is 0 Å². The third-order valence-corrected chi connectivity index (χ3v) is 4.01. The summed E-state index contributed by atoms with van der Waals surface area (Å²) in [6.07, 6.45) is 4.74. The average Bonchev–Trinajstić information content (AvgIpc) is 3.07. The van der Waals surface area contributed by atoms with E-state index < -0.39 is 0 Å². The molecule has 1 saturated heterocycles. The van der Waals surface area contributed by atoms with Gasteiger partial charge in [0.2, 0.25) is 0 Å². The number of nitrogens with zero attached hydrogens (tertiary/aromatic N) is 1. The molecule has 2 nitrogen and oxygen atoms in total. The molecule has 2 heteroatoms. The lowest BCUT2D eigenvalue weighted by atomic mass is 10.1. The minimum absolute atomic E-state index is 0.776. The van der Waals surface area contributed by atoms with Gasteiger partial charge in [0.25, 0.3) is 0 Å². The highest BCUT2D eigenvalue weighted by Gasteiger charge is 2.12. The molecule has 1 fully saturated rings. The highest BCUT2D eigenvalue weighted by atomic mass is 16.5. The Hall–Kier alpha value is -1.96. The van der Waals surface area contributed by atoms with Crippen LogP contribution in [0.5, 0.6) is 5.75 Å². The van der Waals surface area contributed by atoms with Crippen LogP contribution in [0.1, 0.15) is 24.8 Å². The van der Waals surface area contributed by atoms with E-state index in [1.165, 1.54) is 37.2 Å². The number of aryl methyl sites for hydroxylation is 1. The van der Waals surface area contributed by atoms with E-state index in [0.29, 0.717) is 0 Å². The van der Waals surface area contributed by atoms with Crippen molar-refractivity contribution in [1.82, 2.24) is 0 Å². The maximum atomic E-state index is 5.90. The largest absolute Gasteiger partial charge is 0.494 e. The fourth-order valence-corrected chi connectivity index (χ4v) is 2.86. The van der Waals surface area contributed by atoms with Gasteiger partial charge >= 0.3 is 0 Å². The summed E-state index contributed by atoms with van der Waals surface area (Å²) in [5.41, 5.74) is 2.68. The molecule has 0 aromatic heterocycles. The van der Waals surface area contributed by atoms with E-state index >= 15 is 0 Å². The number of rotatable bonds is 6. The Morgan fingerprint density at radius 3 is 2.52 bits per heavy atom. The minimum Gasteiger partial charge on any atom is -0.494 e. The van der Waals surface area contributed by atoms with E-state index in [1.54, 1.807) is 0 Å². The summed E-state index contributed by atoms with van der Waals surface area (Å²) >= 11 is 0. The molecule has 0 atom stereocenters. The van der Waals surface area contributed by atoms with Gasteiger partial charge in [-0.3, -0.25) is 0 Å². The smallest absolute Gasteiger partial charge is 0.121 e. The zero-order chi connectivity index (χ0) is 14.3. The van der Waals surface area contributed by atoms with Gasteiger partial charge in [0.15, 0.2) is 0 Å². The van der Waals surface area contributed by atoms with Gasteiger partial charge in [0, 0.05) is 24.8 Å². The summed E-state index contributed by atoms with van der Waals surface area (Å²) in [4.78, 5) is 2.44. The third kappa shape index (κ3) is 4.01. The second-order valence-electron chi connectivity index (χ2n) is 5.63. The molecular formula is C19H23NO. The summed E-state index contributed by atoms with van der Waals surface area (Å²) in [7, 11) is 0. The Balaban J connectivity index is 1.48. The molecular weight excluding hydrogens is 258 g/mol. The van der Waals surface area contributed by atoms with Gasteiger partial charge in [0.1, 0.15) is 5.75 Å². The molecule has 0 N–H and O–H groups in total. The maximum Gasteiger partial charge on any atom is 0.121 e. The molecule has 0 saturated carbocycles. The van der Waals surface area contributed by atoms with Crippen LogP contribution >= 0.6 is 0 Å². The molecule has 2 aromatic carbocycles. The number of hydrogen-bond acceptors (Lipinski definition) is 2. The monoisotopic (exact) mass is 281 g/mol. The van der Waals surface area contributed by atoms with Gasteiger partial charge in [-0.25, -0.2) is 0 Å². The zero-order valence-corrected chi connectivity index (χ0v) is 12.5. The van der Waals surface area contributed by atoms with Crippen molar-refractivity contribution in [2.75, 3.05) is 24.6 Å². The second kappa shape index (κ2) is 7.16. The van der Waals surface area contributed by atoms with Crippen molar-refractivity contribution in [3.63, 3.8) is 0 Å². The fourth-order valence-electron chi connectivity index (χ4n) is 2.86. The second-order valence-corrected chi connectivity index (χ2v) is 5.63. The molecule has 1 aliphatic heterocycles. The van der Waals surface area contributed by atoms with E-state index in [-0.39, 0.29) is 0 Å². The van der Waals surface area contributed by atoms with E-state index in [9.17, 15) is 0 Å². The van der Waals surface area contributed by atoms with Gasteiger partial charge in [0.05, 0.1) is 6.61 Å². The lowest BCUT2D eigenvalue weighted by Crippen LogP contribution is -2.17. The van der Waals surface area contributed by atoms with Crippen LogP contribution in [0.25, 0.3) is 0 Å². The van der Waals surface area contributed by atoms with Crippen LogP contribution in [0.4, 0.5) is 5.69 Å². The summed E-state index contributed by atoms with van der Waals surface area (Å²) in [5, 5.41) is 0. The van der Waals surface area contributed by atoms with E-state index in [4.69, 9.17) is 4.74 Å². The summed E-state index contributed by atoms with van der Waals surface area (Å²) in [6.45, 7) is 3.13. The highest BCUT2D eigenvalue weighted by molar-refractivity contribution is 5.51. The molecule has 21 heavy (non-hydrogen) atoms. The molecule has 0 aliphatic carbocycles. The quantitative estimate of drug-likeness (QED) is 0.732. The van der Waals surface area contributed by atoms with Crippen LogP contribution in [0.2, 0.25) is 0 Å². The Morgan fingerprint density at radius 2 is 1.71 bits per heavy atom. The summed E-state index contributed by atoms with van der Waals surface area (Å²) in [6, 6.07) is 19.1. The average molecular weight is 281 g/mol. The first-order chi connectivity index (χ1) is 10.4. The Kier molecular flexibility index (Phi) is 4.78. The first kappa shape index (κ1) is 14.0. The lowest BCUT2D eigenvalue weighted by molar-refractivity contribution is 0.311. The number of ether oxygens (including phenoxy) is 1. The van der Waals surface area contributed by atoms with Gasteiger partial charge < -0.3 is 9.64 Å². The predicted molar refractivity (Wildman–Crippen MR) is 88.1 cm³/mol. The third-order valence-electron chi connectivity index (χ3n) is 4.01. The Labute approximate surface area is 127 Å². The van der Waals surface area contributed by atoms with Gasteiger partial charge in [-0.2, -0.15) is 0 Å². The maximum absolute atomic E-state index is 5.90. The standard InChI is InChI=1S/C19H23NO/c1-2-8-17(9-3-1)10-7-15-21-19-12-6-11-18(16-19)20-13-4-5-14-20/h1-3,6,8-9,11-12,16H,4-5,7,10,13-15H2. The highest BCUT2D eigenvalue weighted by Crippen LogP contribution is 2.24. The van der Waals surface area contributed by atoms with Crippen molar-refractivity contribution in [3.05, 3.63) is 60.2 Å². The Bertz CT molecular complexity index is 547.